The van der Waals surface area contributed by atoms with Crippen molar-refractivity contribution >= 4 is 23.2 Å². The first-order valence-electron chi connectivity index (χ1n) is 7.67. The lowest BCUT2D eigenvalue weighted by Crippen LogP contribution is -2.31. The van der Waals surface area contributed by atoms with Crippen LogP contribution in [0, 0.1) is 12.8 Å². The number of benzene rings is 1. The van der Waals surface area contributed by atoms with E-state index in [-0.39, 0.29) is 24.2 Å². The van der Waals surface area contributed by atoms with E-state index in [4.69, 9.17) is 5.11 Å². The number of aliphatic carboxylic acids is 1. The van der Waals surface area contributed by atoms with Crippen molar-refractivity contribution in [3.05, 3.63) is 57.8 Å². The number of aryl methyl sites for hydroxylation is 1. The standard InChI is InChI=1S/C18H19NO3S/c1-11-5-2-3-6-12(11)13-9-14(13)18(22)19-15(10-17(20)21)16-7-4-8-23-16/h2-8,13-15H,9-10H2,1H3,(H,19,22)(H,20,21). The van der Waals surface area contributed by atoms with Gasteiger partial charge in [-0.25, -0.2) is 0 Å². The van der Waals surface area contributed by atoms with Gasteiger partial charge in [0.2, 0.25) is 5.91 Å². The summed E-state index contributed by atoms with van der Waals surface area (Å²) in [6.45, 7) is 2.06. The largest absolute Gasteiger partial charge is 0.481 e. The van der Waals surface area contributed by atoms with Gasteiger partial charge in [-0.15, -0.1) is 11.3 Å². The van der Waals surface area contributed by atoms with Gasteiger partial charge >= 0.3 is 5.97 Å². The highest BCUT2D eigenvalue weighted by Gasteiger charge is 2.45. The average molecular weight is 329 g/mol. The third-order valence-corrected chi connectivity index (χ3v) is 5.28. The molecule has 4 nitrogen and oxygen atoms in total. The van der Waals surface area contributed by atoms with Crippen LogP contribution in [0.25, 0.3) is 0 Å². The first-order chi connectivity index (χ1) is 11.1. The second-order valence-corrected chi connectivity index (χ2v) is 6.96. The van der Waals surface area contributed by atoms with Crippen molar-refractivity contribution in [3.8, 4) is 0 Å². The third-order valence-electron chi connectivity index (χ3n) is 4.30. The molecule has 0 bridgehead atoms. The molecule has 1 aromatic carbocycles. The van der Waals surface area contributed by atoms with E-state index in [0.717, 1.165) is 11.3 Å². The van der Waals surface area contributed by atoms with Crippen molar-refractivity contribution in [1.82, 2.24) is 5.32 Å². The number of carbonyl (C=O) groups is 2. The molecule has 1 heterocycles. The molecule has 5 heteroatoms. The Balaban J connectivity index is 1.67. The molecule has 120 valence electrons. The van der Waals surface area contributed by atoms with E-state index >= 15 is 0 Å². The zero-order chi connectivity index (χ0) is 16.4. The number of hydrogen-bond acceptors (Lipinski definition) is 3. The molecule has 1 aromatic heterocycles. The summed E-state index contributed by atoms with van der Waals surface area (Å²) in [6, 6.07) is 11.4. The van der Waals surface area contributed by atoms with Gasteiger partial charge in [0.05, 0.1) is 12.5 Å². The normalized spacial score (nSPS) is 20.7. The zero-order valence-electron chi connectivity index (χ0n) is 12.9. The molecule has 3 atom stereocenters. The number of carbonyl (C=O) groups excluding carboxylic acids is 1. The highest BCUT2D eigenvalue weighted by atomic mass is 32.1. The molecule has 0 saturated heterocycles. The Morgan fingerprint density at radius 2 is 2.09 bits per heavy atom. The van der Waals surface area contributed by atoms with Crippen LogP contribution in [0.3, 0.4) is 0 Å². The van der Waals surface area contributed by atoms with Crippen molar-refractivity contribution in [1.29, 1.82) is 0 Å². The van der Waals surface area contributed by atoms with Gasteiger partial charge in [0.1, 0.15) is 0 Å². The summed E-state index contributed by atoms with van der Waals surface area (Å²) >= 11 is 1.47. The fourth-order valence-electron chi connectivity index (χ4n) is 3.00. The summed E-state index contributed by atoms with van der Waals surface area (Å²) in [4.78, 5) is 24.4. The van der Waals surface area contributed by atoms with Gasteiger partial charge in [0, 0.05) is 10.8 Å². The maximum Gasteiger partial charge on any atom is 0.305 e. The summed E-state index contributed by atoms with van der Waals surface area (Å²) in [7, 11) is 0. The van der Waals surface area contributed by atoms with Crippen molar-refractivity contribution in [2.75, 3.05) is 0 Å². The summed E-state index contributed by atoms with van der Waals surface area (Å²) in [6.07, 6.45) is 0.745. The van der Waals surface area contributed by atoms with Crippen molar-refractivity contribution in [3.63, 3.8) is 0 Å². The molecule has 23 heavy (non-hydrogen) atoms. The molecule has 3 rings (SSSR count). The van der Waals surface area contributed by atoms with E-state index in [0.29, 0.717) is 0 Å². The first-order valence-corrected chi connectivity index (χ1v) is 8.55. The van der Waals surface area contributed by atoms with Crippen LogP contribution >= 0.6 is 11.3 Å². The quantitative estimate of drug-likeness (QED) is 0.852. The summed E-state index contributed by atoms with van der Waals surface area (Å²) in [5, 5.41) is 13.9. The third kappa shape index (κ3) is 3.62. The number of nitrogens with one attached hydrogen (secondary N) is 1. The fraction of sp³-hybridized carbons (Fsp3) is 0.333. The van der Waals surface area contributed by atoms with Crippen LogP contribution in [-0.2, 0) is 9.59 Å². The van der Waals surface area contributed by atoms with E-state index in [9.17, 15) is 9.59 Å². The smallest absolute Gasteiger partial charge is 0.305 e. The van der Waals surface area contributed by atoms with Crippen LogP contribution in [0.15, 0.2) is 41.8 Å². The van der Waals surface area contributed by atoms with Crippen molar-refractivity contribution in [2.24, 2.45) is 5.92 Å². The summed E-state index contributed by atoms with van der Waals surface area (Å²) in [5.74, 6) is -0.745. The van der Waals surface area contributed by atoms with Crippen molar-refractivity contribution < 1.29 is 14.7 Å². The second-order valence-electron chi connectivity index (χ2n) is 5.98. The van der Waals surface area contributed by atoms with Crippen LogP contribution < -0.4 is 5.32 Å². The Bertz CT molecular complexity index is 711. The van der Waals surface area contributed by atoms with Gasteiger partial charge in [-0.1, -0.05) is 30.3 Å². The Morgan fingerprint density at radius 3 is 2.74 bits per heavy atom. The van der Waals surface area contributed by atoms with E-state index in [2.05, 4.69) is 24.4 Å². The molecule has 1 aliphatic rings. The van der Waals surface area contributed by atoms with E-state index < -0.39 is 12.0 Å². The molecule has 2 aromatic rings. The minimum absolute atomic E-state index is 0.0436. The number of amides is 1. The van der Waals surface area contributed by atoms with Gasteiger partial charge < -0.3 is 10.4 Å². The maximum atomic E-state index is 12.5. The van der Waals surface area contributed by atoms with E-state index in [1.165, 1.54) is 22.5 Å². The summed E-state index contributed by atoms with van der Waals surface area (Å²) in [5.41, 5.74) is 2.42. The Hall–Kier alpha value is -2.14. The molecule has 1 amide bonds. The van der Waals surface area contributed by atoms with Crippen LogP contribution in [0.1, 0.15) is 40.8 Å². The fourth-order valence-corrected chi connectivity index (χ4v) is 3.77. The van der Waals surface area contributed by atoms with E-state index in [1.807, 2.05) is 29.6 Å². The van der Waals surface area contributed by atoms with Crippen LogP contribution in [0.4, 0.5) is 0 Å². The lowest BCUT2D eigenvalue weighted by molar-refractivity contribution is -0.137. The molecule has 3 unspecified atom stereocenters. The van der Waals surface area contributed by atoms with Crippen LogP contribution in [-0.4, -0.2) is 17.0 Å². The topological polar surface area (TPSA) is 66.4 Å². The molecule has 0 aliphatic heterocycles. The number of carboxylic acids is 1. The molecule has 2 N–H and O–H groups in total. The molecule has 1 saturated carbocycles. The lowest BCUT2D eigenvalue weighted by atomic mass is 10.0. The number of thiophene rings is 1. The highest BCUT2D eigenvalue weighted by molar-refractivity contribution is 7.10. The van der Waals surface area contributed by atoms with Crippen molar-refractivity contribution in [2.45, 2.75) is 31.7 Å². The van der Waals surface area contributed by atoms with Gasteiger partial charge in [-0.2, -0.15) is 0 Å². The Kier molecular flexibility index (Phi) is 4.48. The highest BCUT2D eigenvalue weighted by Crippen LogP contribution is 2.48. The molecular formula is C18H19NO3S. The summed E-state index contributed by atoms with van der Waals surface area (Å²) < 4.78 is 0. The Morgan fingerprint density at radius 1 is 1.30 bits per heavy atom. The lowest BCUT2D eigenvalue weighted by Gasteiger charge is -2.15. The van der Waals surface area contributed by atoms with Crippen LogP contribution in [0.5, 0.6) is 0 Å². The van der Waals surface area contributed by atoms with Gasteiger partial charge in [0.25, 0.3) is 0 Å². The second kappa shape index (κ2) is 6.54. The average Bonchev–Trinajstić information content (AvgIpc) is 3.11. The van der Waals surface area contributed by atoms with Crippen LogP contribution in [0.2, 0.25) is 0 Å². The zero-order valence-corrected chi connectivity index (χ0v) is 13.7. The minimum Gasteiger partial charge on any atom is -0.481 e. The molecule has 0 radical (unpaired) electrons. The minimum atomic E-state index is -0.907. The molecule has 0 spiro atoms. The first kappa shape index (κ1) is 15.7. The maximum absolute atomic E-state index is 12.5. The number of hydrogen-bond donors (Lipinski definition) is 2. The van der Waals surface area contributed by atoms with Gasteiger partial charge in [-0.05, 0) is 41.8 Å². The predicted molar refractivity (Wildman–Crippen MR) is 89.5 cm³/mol. The van der Waals surface area contributed by atoms with Gasteiger partial charge in [-0.3, -0.25) is 9.59 Å². The number of carboxylic acid groups (broad SMARTS) is 1. The van der Waals surface area contributed by atoms with Gasteiger partial charge in [0.15, 0.2) is 0 Å². The Labute approximate surface area is 139 Å². The molecule has 1 fully saturated rings. The number of rotatable bonds is 6. The SMILES string of the molecule is Cc1ccccc1C1CC1C(=O)NC(CC(=O)O)c1cccs1. The molecule has 1 aliphatic carbocycles. The van der Waals surface area contributed by atoms with E-state index in [1.54, 1.807) is 0 Å². The predicted octanol–water partition coefficient (Wildman–Crippen LogP) is 3.49. The molecular weight excluding hydrogens is 310 g/mol. The monoisotopic (exact) mass is 329 g/mol.